The van der Waals surface area contributed by atoms with Gasteiger partial charge in [0.25, 0.3) is 0 Å². The van der Waals surface area contributed by atoms with Crippen LogP contribution in [0, 0.1) is 0 Å². The summed E-state index contributed by atoms with van der Waals surface area (Å²) in [6.45, 7) is 2.28. The number of hydrogen-bond donors (Lipinski definition) is 0. The van der Waals surface area contributed by atoms with E-state index in [4.69, 9.17) is 0 Å². The van der Waals surface area contributed by atoms with Gasteiger partial charge in [0, 0.05) is 21.7 Å². The fraction of sp³-hybridized carbons (Fsp3) is 0.250. The van der Waals surface area contributed by atoms with E-state index in [0.29, 0.717) is 5.25 Å². The molecule has 1 atom stereocenters. The molecule has 1 unspecified atom stereocenters. The molecular weight excluding hydrogens is 190 g/mol. The Morgan fingerprint density at radius 2 is 2.21 bits per heavy atom. The summed E-state index contributed by atoms with van der Waals surface area (Å²) in [4.78, 5) is 5.92. The highest BCUT2D eigenvalue weighted by molar-refractivity contribution is 8.00. The lowest BCUT2D eigenvalue weighted by Crippen LogP contribution is -1.91. The second-order valence-corrected chi connectivity index (χ2v) is 5.21. The largest absolute Gasteiger partial charge is 0.256 e. The van der Waals surface area contributed by atoms with Crippen molar-refractivity contribution in [3.63, 3.8) is 0 Å². The van der Waals surface area contributed by atoms with Gasteiger partial charge in [-0.1, -0.05) is 25.1 Å². The molecule has 14 heavy (non-hydrogen) atoms. The Hall–Kier alpha value is -1.02. The molecule has 0 saturated carbocycles. The van der Waals surface area contributed by atoms with Crippen LogP contribution in [0.1, 0.15) is 12.5 Å². The van der Waals surface area contributed by atoms with Crippen molar-refractivity contribution in [2.24, 2.45) is 0 Å². The number of fused-ring (bicyclic) bond motifs is 3. The van der Waals surface area contributed by atoms with Gasteiger partial charge in [0.2, 0.25) is 0 Å². The van der Waals surface area contributed by atoms with E-state index in [0.717, 1.165) is 11.9 Å². The smallest absolute Gasteiger partial charge is 0.0713 e. The van der Waals surface area contributed by atoms with E-state index in [-0.39, 0.29) is 0 Å². The van der Waals surface area contributed by atoms with Crippen LogP contribution in [-0.4, -0.2) is 10.2 Å². The number of thioether (sulfide) groups is 1. The lowest BCUT2D eigenvalue weighted by molar-refractivity contribution is 0.954. The minimum absolute atomic E-state index is 0.706. The van der Waals surface area contributed by atoms with Gasteiger partial charge in [0.1, 0.15) is 0 Å². The number of benzene rings is 1. The van der Waals surface area contributed by atoms with Crippen molar-refractivity contribution in [1.29, 1.82) is 0 Å². The standard InChI is InChI=1S/C12H11NS/c1-8-6-9-7-13-11-5-3-2-4-10(11)12(9)14-8/h2-5,7-8H,6H2,1H3. The summed E-state index contributed by atoms with van der Waals surface area (Å²) in [5, 5.41) is 2.02. The van der Waals surface area contributed by atoms with Crippen LogP contribution in [0.15, 0.2) is 35.4 Å². The molecule has 0 N–H and O–H groups in total. The molecule has 70 valence electrons. The van der Waals surface area contributed by atoms with E-state index in [1.807, 2.05) is 24.0 Å². The number of pyridine rings is 1. The second-order valence-electron chi connectivity index (χ2n) is 3.76. The molecule has 0 radical (unpaired) electrons. The average Bonchev–Trinajstić information content (AvgIpc) is 2.59. The van der Waals surface area contributed by atoms with Gasteiger partial charge in [0.15, 0.2) is 0 Å². The van der Waals surface area contributed by atoms with Crippen LogP contribution in [0.2, 0.25) is 0 Å². The molecule has 2 heteroatoms. The summed E-state index contributed by atoms with van der Waals surface area (Å²) in [7, 11) is 0. The predicted molar refractivity (Wildman–Crippen MR) is 60.8 cm³/mol. The first-order chi connectivity index (χ1) is 6.84. The highest BCUT2D eigenvalue weighted by atomic mass is 32.2. The van der Waals surface area contributed by atoms with Gasteiger partial charge in [-0.15, -0.1) is 11.8 Å². The quantitative estimate of drug-likeness (QED) is 0.649. The minimum atomic E-state index is 0.706. The third-order valence-electron chi connectivity index (χ3n) is 2.63. The molecular formula is C12H11NS. The third-order valence-corrected chi connectivity index (χ3v) is 3.91. The molecule has 1 aromatic heterocycles. The van der Waals surface area contributed by atoms with Crippen LogP contribution >= 0.6 is 11.8 Å². The number of nitrogens with zero attached hydrogens (tertiary/aromatic N) is 1. The lowest BCUT2D eigenvalue weighted by atomic mass is 10.1. The molecule has 0 spiro atoms. The Kier molecular flexibility index (Phi) is 1.77. The molecule has 0 amide bonds. The number of rotatable bonds is 0. The first kappa shape index (κ1) is 8.30. The van der Waals surface area contributed by atoms with Crippen LogP contribution in [0.5, 0.6) is 0 Å². The van der Waals surface area contributed by atoms with E-state index < -0.39 is 0 Å². The summed E-state index contributed by atoms with van der Waals surface area (Å²) >= 11 is 1.98. The van der Waals surface area contributed by atoms with Crippen molar-refractivity contribution < 1.29 is 0 Å². The highest BCUT2D eigenvalue weighted by Gasteiger charge is 2.20. The van der Waals surface area contributed by atoms with E-state index in [1.165, 1.54) is 15.8 Å². The summed E-state index contributed by atoms with van der Waals surface area (Å²) in [5.74, 6) is 0. The Morgan fingerprint density at radius 1 is 1.36 bits per heavy atom. The third kappa shape index (κ3) is 1.14. The Labute approximate surface area is 87.5 Å². The second kappa shape index (κ2) is 2.99. The summed E-state index contributed by atoms with van der Waals surface area (Å²) in [6, 6.07) is 8.39. The zero-order valence-electron chi connectivity index (χ0n) is 8.03. The van der Waals surface area contributed by atoms with Crippen LogP contribution < -0.4 is 0 Å². The SMILES string of the molecule is CC1Cc2cnc3ccccc3c2S1. The van der Waals surface area contributed by atoms with Gasteiger partial charge < -0.3 is 0 Å². The van der Waals surface area contributed by atoms with Crippen molar-refractivity contribution in [3.8, 4) is 0 Å². The van der Waals surface area contributed by atoms with Crippen LogP contribution in [-0.2, 0) is 6.42 Å². The Morgan fingerprint density at radius 3 is 3.14 bits per heavy atom. The van der Waals surface area contributed by atoms with Gasteiger partial charge >= 0.3 is 0 Å². The van der Waals surface area contributed by atoms with Crippen LogP contribution in [0.3, 0.4) is 0 Å². The number of para-hydroxylation sites is 1. The summed E-state index contributed by atoms with van der Waals surface area (Å²) < 4.78 is 0. The lowest BCUT2D eigenvalue weighted by Gasteiger charge is -2.02. The van der Waals surface area contributed by atoms with E-state index in [2.05, 4.69) is 30.1 Å². The Bertz CT molecular complexity index is 493. The molecule has 0 fully saturated rings. The highest BCUT2D eigenvalue weighted by Crippen LogP contribution is 2.40. The fourth-order valence-corrected chi connectivity index (χ4v) is 3.25. The van der Waals surface area contributed by atoms with Gasteiger partial charge in [-0.3, -0.25) is 4.98 Å². The van der Waals surface area contributed by atoms with Crippen LogP contribution in [0.4, 0.5) is 0 Å². The van der Waals surface area contributed by atoms with Crippen molar-refractivity contribution in [3.05, 3.63) is 36.0 Å². The maximum absolute atomic E-state index is 4.47. The van der Waals surface area contributed by atoms with Crippen molar-refractivity contribution in [2.45, 2.75) is 23.5 Å². The van der Waals surface area contributed by atoms with E-state index in [9.17, 15) is 0 Å². The molecule has 0 bridgehead atoms. The van der Waals surface area contributed by atoms with Crippen molar-refractivity contribution >= 4 is 22.7 Å². The molecule has 1 nitrogen and oxygen atoms in total. The normalized spacial score (nSPS) is 19.9. The maximum atomic E-state index is 4.47. The van der Waals surface area contributed by atoms with Gasteiger partial charge in [-0.25, -0.2) is 0 Å². The molecule has 3 rings (SSSR count). The van der Waals surface area contributed by atoms with Gasteiger partial charge in [-0.05, 0) is 18.1 Å². The van der Waals surface area contributed by atoms with Gasteiger partial charge in [0.05, 0.1) is 5.52 Å². The van der Waals surface area contributed by atoms with Crippen LogP contribution in [0.25, 0.3) is 10.9 Å². The summed E-state index contributed by atoms with van der Waals surface area (Å²) in [5.41, 5.74) is 2.54. The monoisotopic (exact) mass is 201 g/mol. The molecule has 1 aliphatic heterocycles. The maximum Gasteiger partial charge on any atom is 0.0713 e. The zero-order chi connectivity index (χ0) is 9.54. The topological polar surface area (TPSA) is 12.9 Å². The van der Waals surface area contributed by atoms with Gasteiger partial charge in [-0.2, -0.15) is 0 Å². The predicted octanol–water partition coefficient (Wildman–Crippen LogP) is 3.27. The molecule has 2 aromatic rings. The first-order valence-corrected chi connectivity index (χ1v) is 5.76. The molecule has 1 aromatic carbocycles. The van der Waals surface area contributed by atoms with E-state index >= 15 is 0 Å². The number of hydrogen-bond acceptors (Lipinski definition) is 2. The molecule has 2 heterocycles. The Balaban J connectivity index is 2.33. The number of aromatic nitrogens is 1. The average molecular weight is 201 g/mol. The molecule has 0 saturated heterocycles. The van der Waals surface area contributed by atoms with Crippen molar-refractivity contribution in [2.75, 3.05) is 0 Å². The zero-order valence-corrected chi connectivity index (χ0v) is 8.84. The van der Waals surface area contributed by atoms with E-state index in [1.54, 1.807) is 0 Å². The minimum Gasteiger partial charge on any atom is -0.256 e. The molecule has 0 aliphatic carbocycles. The first-order valence-electron chi connectivity index (χ1n) is 4.88. The molecule has 1 aliphatic rings. The fourth-order valence-electron chi connectivity index (χ4n) is 1.99. The summed E-state index contributed by atoms with van der Waals surface area (Å²) in [6.07, 6.45) is 3.20. The van der Waals surface area contributed by atoms with Crippen molar-refractivity contribution in [1.82, 2.24) is 4.98 Å².